The monoisotopic (exact) mass is 562 g/mol. The molecule has 0 bridgehead atoms. The van der Waals surface area contributed by atoms with E-state index in [4.69, 9.17) is 15.6 Å². The lowest BCUT2D eigenvalue weighted by molar-refractivity contribution is -0.192. The molecule has 0 aliphatic rings. The smallest absolute Gasteiger partial charge is 0.475 e. The van der Waals surface area contributed by atoms with Crippen LogP contribution in [-0.2, 0) is 11.3 Å². The van der Waals surface area contributed by atoms with E-state index in [1.54, 1.807) is 24.3 Å². The molecule has 35 heavy (non-hydrogen) atoms. The van der Waals surface area contributed by atoms with Gasteiger partial charge in [-0.25, -0.2) is 13.8 Å². The average Bonchev–Trinajstić information content (AvgIpc) is 3.27. The van der Waals surface area contributed by atoms with E-state index >= 15 is 0 Å². The lowest BCUT2D eigenvalue weighted by atomic mass is 10.1. The van der Waals surface area contributed by atoms with Gasteiger partial charge in [0.05, 0.1) is 4.47 Å². The molecule has 1 aromatic heterocycles. The van der Waals surface area contributed by atoms with Crippen molar-refractivity contribution in [3.8, 4) is 0 Å². The molecule has 1 heterocycles. The van der Waals surface area contributed by atoms with Crippen LogP contribution in [0.5, 0.6) is 0 Å². The third-order valence-electron chi connectivity index (χ3n) is 3.92. The number of oxime groups is 1. The SMILES string of the molecule is NCc1ccc(C(=O)Nc2nonc2/C(=N\O)Nc2ccc(F)c(Br)c2)cc1.O=C(O)C(F)(F)F. The molecule has 0 radical (unpaired) electrons. The first-order valence-corrected chi connectivity index (χ1v) is 9.93. The fourth-order valence-electron chi connectivity index (χ4n) is 2.24. The maximum absolute atomic E-state index is 13.4. The third-order valence-corrected chi connectivity index (χ3v) is 4.53. The molecular formula is C19H15BrF4N6O5. The summed E-state index contributed by atoms with van der Waals surface area (Å²) in [6, 6.07) is 10.8. The number of carboxylic acids is 1. The number of benzene rings is 2. The van der Waals surface area contributed by atoms with Crippen LogP contribution in [-0.4, -0.2) is 44.5 Å². The molecule has 0 saturated heterocycles. The van der Waals surface area contributed by atoms with E-state index in [1.807, 2.05) is 0 Å². The predicted molar refractivity (Wildman–Crippen MR) is 116 cm³/mol. The molecule has 6 N–H and O–H groups in total. The summed E-state index contributed by atoms with van der Waals surface area (Å²) in [6.07, 6.45) is -5.08. The van der Waals surface area contributed by atoms with Gasteiger partial charge in [0, 0.05) is 17.8 Å². The summed E-state index contributed by atoms with van der Waals surface area (Å²) in [5.74, 6) is -3.90. The van der Waals surface area contributed by atoms with E-state index in [2.05, 4.69) is 46.7 Å². The number of nitrogens with two attached hydrogens (primary N) is 1. The quantitative estimate of drug-likeness (QED) is 0.102. The fraction of sp³-hybridized carbons (Fsp3) is 0.105. The number of hydrogen-bond acceptors (Lipinski definition) is 8. The van der Waals surface area contributed by atoms with Crippen molar-refractivity contribution in [2.75, 3.05) is 10.6 Å². The first-order valence-electron chi connectivity index (χ1n) is 9.13. The number of halogens is 5. The Bertz CT molecular complexity index is 1220. The molecular weight excluding hydrogens is 548 g/mol. The lowest BCUT2D eigenvalue weighted by Crippen LogP contribution is -2.21. The Morgan fingerprint density at radius 2 is 1.74 bits per heavy atom. The van der Waals surface area contributed by atoms with Crippen LogP contribution in [0.4, 0.5) is 29.1 Å². The Morgan fingerprint density at radius 3 is 2.26 bits per heavy atom. The number of aliphatic carboxylic acids is 1. The van der Waals surface area contributed by atoms with Crippen LogP contribution in [0.3, 0.4) is 0 Å². The van der Waals surface area contributed by atoms with Crippen molar-refractivity contribution in [2.24, 2.45) is 10.9 Å². The molecule has 2 aromatic carbocycles. The molecule has 11 nitrogen and oxygen atoms in total. The lowest BCUT2D eigenvalue weighted by Gasteiger charge is -2.08. The molecule has 3 rings (SSSR count). The second-order valence-corrected chi connectivity index (χ2v) is 7.18. The fourth-order valence-corrected chi connectivity index (χ4v) is 2.62. The van der Waals surface area contributed by atoms with Gasteiger partial charge >= 0.3 is 12.1 Å². The van der Waals surface area contributed by atoms with Crippen molar-refractivity contribution in [3.63, 3.8) is 0 Å². The van der Waals surface area contributed by atoms with Gasteiger partial charge in [0.1, 0.15) is 5.82 Å². The van der Waals surface area contributed by atoms with E-state index in [9.17, 15) is 27.6 Å². The standard InChI is InChI=1S/C17H14BrFN6O3.C2HF3O2/c18-12-7-11(5-6-13(12)19)21-15(23-27)14-16(25-28-24-14)22-17(26)10-3-1-9(8-20)2-4-10;3-2(4,5)1(6)7/h1-7,27H,8,20H2,(H,21,23)(H,22,25,26);(H,6,7). The summed E-state index contributed by atoms with van der Waals surface area (Å²) >= 11 is 3.06. The van der Waals surface area contributed by atoms with Crippen LogP contribution >= 0.6 is 15.9 Å². The topological polar surface area (TPSA) is 176 Å². The second kappa shape index (κ2) is 11.9. The molecule has 3 aromatic rings. The number of anilines is 2. The van der Waals surface area contributed by atoms with Gasteiger partial charge in [0.25, 0.3) is 5.91 Å². The Labute approximate surface area is 201 Å². The van der Waals surface area contributed by atoms with Crippen LogP contribution in [0.1, 0.15) is 21.6 Å². The Morgan fingerprint density at radius 1 is 1.11 bits per heavy atom. The second-order valence-electron chi connectivity index (χ2n) is 6.32. The first-order chi connectivity index (χ1) is 16.5. The zero-order valence-corrected chi connectivity index (χ0v) is 18.8. The number of hydrogen-bond donors (Lipinski definition) is 5. The minimum atomic E-state index is -5.08. The van der Waals surface area contributed by atoms with E-state index in [1.165, 1.54) is 18.2 Å². The van der Waals surface area contributed by atoms with Crippen LogP contribution in [0.2, 0.25) is 0 Å². The van der Waals surface area contributed by atoms with Gasteiger partial charge in [-0.1, -0.05) is 17.3 Å². The molecule has 1 amide bonds. The van der Waals surface area contributed by atoms with Gasteiger partial charge in [0.15, 0.2) is 5.69 Å². The van der Waals surface area contributed by atoms with Crippen LogP contribution < -0.4 is 16.4 Å². The van der Waals surface area contributed by atoms with Crippen LogP contribution in [0.15, 0.2) is 56.7 Å². The number of aromatic nitrogens is 2. The van der Waals surface area contributed by atoms with E-state index in [0.29, 0.717) is 17.8 Å². The number of nitrogens with zero attached hydrogens (tertiary/aromatic N) is 3. The highest BCUT2D eigenvalue weighted by molar-refractivity contribution is 9.10. The zero-order valence-electron chi connectivity index (χ0n) is 17.2. The average molecular weight is 563 g/mol. The summed E-state index contributed by atoms with van der Waals surface area (Å²) < 4.78 is 50.0. The Hall–Kier alpha value is -4.05. The predicted octanol–water partition coefficient (Wildman–Crippen LogP) is 3.56. The van der Waals surface area contributed by atoms with Crippen molar-refractivity contribution in [1.29, 1.82) is 0 Å². The van der Waals surface area contributed by atoms with E-state index in [-0.39, 0.29) is 21.8 Å². The van der Waals surface area contributed by atoms with E-state index in [0.717, 1.165) is 5.56 Å². The molecule has 16 heteroatoms. The number of carbonyl (C=O) groups is 2. The number of carbonyl (C=O) groups excluding carboxylic acids is 1. The third kappa shape index (κ3) is 7.75. The summed E-state index contributed by atoms with van der Waals surface area (Å²) in [5.41, 5.74) is 7.14. The minimum Gasteiger partial charge on any atom is -0.475 e. The summed E-state index contributed by atoms with van der Waals surface area (Å²) in [6.45, 7) is 0.362. The molecule has 0 atom stereocenters. The van der Waals surface area contributed by atoms with Crippen molar-refractivity contribution in [2.45, 2.75) is 12.7 Å². The summed E-state index contributed by atoms with van der Waals surface area (Å²) in [4.78, 5) is 21.3. The number of alkyl halides is 3. The molecule has 0 spiro atoms. The van der Waals surface area contributed by atoms with Gasteiger partial charge in [-0.15, -0.1) is 0 Å². The normalized spacial score (nSPS) is 11.3. The van der Waals surface area contributed by atoms with Crippen LogP contribution in [0.25, 0.3) is 0 Å². The van der Waals surface area contributed by atoms with Crippen molar-refractivity contribution in [1.82, 2.24) is 10.3 Å². The number of nitrogens with one attached hydrogen (secondary N) is 2. The van der Waals surface area contributed by atoms with Crippen molar-refractivity contribution in [3.05, 3.63) is 69.6 Å². The number of carboxylic acid groups (broad SMARTS) is 1. The molecule has 0 saturated carbocycles. The number of amides is 1. The number of amidine groups is 1. The highest BCUT2D eigenvalue weighted by Crippen LogP contribution is 2.21. The Balaban J connectivity index is 0.000000540. The zero-order chi connectivity index (χ0) is 26.2. The molecule has 0 aliphatic heterocycles. The highest BCUT2D eigenvalue weighted by atomic mass is 79.9. The van der Waals surface area contributed by atoms with Gasteiger partial charge in [-0.2, -0.15) is 13.2 Å². The summed E-state index contributed by atoms with van der Waals surface area (Å²) in [7, 11) is 0. The molecule has 0 aliphatic carbocycles. The van der Waals surface area contributed by atoms with Gasteiger partial charge in [0.2, 0.25) is 11.7 Å². The maximum atomic E-state index is 13.4. The molecule has 186 valence electrons. The van der Waals surface area contributed by atoms with Gasteiger partial charge in [-0.05, 0) is 62.1 Å². The Kier molecular flexibility index (Phi) is 9.24. The van der Waals surface area contributed by atoms with Crippen molar-refractivity contribution >= 4 is 45.1 Å². The van der Waals surface area contributed by atoms with Crippen LogP contribution in [0, 0.1) is 5.82 Å². The minimum absolute atomic E-state index is 0.0464. The molecule has 0 fully saturated rings. The van der Waals surface area contributed by atoms with Gasteiger partial charge in [-0.3, -0.25) is 4.79 Å². The van der Waals surface area contributed by atoms with E-state index < -0.39 is 23.9 Å². The summed E-state index contributed by atoms with van der Waals surface area (Å²) in [5, 5.41) is 32.1. The van der Waals surface area contributed by atoms with Gasteiger partial charge < -0.3 is 26.7 Å². The van der Waals surface area contributed by atoms with Crippen molar-refractivity contribution < 1.29 is 42.1 Å². The molecule has 0 unspecified atom stereocenters. The maximum Gasteiger partial charge on any atom is 0.490 e. The largest absolute Gasteiger partial charge is 0.490 e. The first kappa shape index (κ1) is 27.2. The highest BCUT2D eigenvalue weighted by Gasteiger charge is 2.38. The number of rotatable bonds is 5.